The minimum absolute atomic E-state index is 0.247. The Morgan fingerprint density at radius 2 is 1.94 bits per heavy atom. The number of carbonyl (C=O) groups excluding carboxylic acids is 1. The van der Waals surface area contributed by atoms with Crippen LogP contribution in [0.4, 0.5) is 4.79 Å². The molecular formula is C11H21N3O3. The van der Waals surface area contributed by atoms with E-state index in [9.17, 15) is 9.59 Å². The number of primary amides is 1. The zero-order chi connectivity index (χ0) is 13.4. The Kier molecular flexibility index (Phi) is 3.38. The highest BCUT2D eigenvalue weighted by Crippen LogP contribution is 2.35. The van der Waals surface area contributed by atoms with Crippen LogP contribution in [0.1, 0.15) is 33.6 Å². The number of rotatable bonds is 1. The molecule has 0 saturated carbocycles. The fraction of sp³-hybridized carbons (Fsp3) is 0.818. The van der Waals surface area contributed by atoms with E-state index in [0.29, 0.717) is 0 Å². The van der Waals surface area contributed by atoms with Crippen molar-refractivity contribution in [1.82, 2.24) is 4.90 Å². The molecule has 0 aliphatic carbocycles. The minimum atomic E-state index is -1.09. The van der Waals surface area contributed by atoms with Crippen LogP contribution in [0.2, 0.25) is 0 Å². The number of carboxylic acid groups (broad SMARTS) is 1. The minimum Gasteiger partial charge on any atom is -0.465 e. The molecule has 6 heteroatoms. The molecule has 1 rings (SSSR count). The van der Waals surface area contributed by atoms with Gasteiger partial charge in [0.25, 0.3) is 0 Å². The van der Waals surface area contributed by atoms with Crippen molar-refractivity contribution in [3.8, 4) is 0 Å². The van der Waals surface area contributed by atoms with E-state index < -0.39 is 17.5 Å². The molecule has 6 nitrogen and oxygen atoms in total. The predicted molar refractivity (Wildman–Crippen MR) is 63.3 cm³/mol. The van der Waals surface area contributed by atoms with Gasteiger partial charge in [-0.2, -0.15) is 0 Å². The second-order valence-corrected chi connectivity index (χ2v) is 5.83. The Labute approximate surface area is 101 Å². The van der Waals surface area contributed by atoms with Crippen LogP contribution in [0.25, 0.3) is 0 Å². The smallest absolute Gasteiger partial charge is 0.407 e. The zero-order valence-electron chi connectivity index (χ0n) is 10.6. The molecule has 0 aromatic rings. The second-order valence-electron chi connectivity index (χ2n) is 5.83. The molecule has 1 heterocycles. The summed E-state index contributed by atoms with van der Waals surface area (Å²) in [6.45, 7) is 6.04. The maximum Gasteiger partial charge on any atom is 0.407 e. The van der Waals surface area contributed by atoms with Crippen molar-refractivity contribution < 1.29 is 14.7 Å². The molecule has 0 radical (unpaired) electrons. The van der Waals surface area contributed by atoms with Gasteiger partial charge in [0.1, 0.15) is 0 Å². The van der Waals surface area contributed by atoms with E-state index in [1.807, 2.05) is 20.8 Å². The van der Waals surface area contributed by atoms with Crippen LogP contribution in [0.5, 0.6) is 0 Å². The number of piperidine rings is 1. The fourth-order valence-electron chi connectivity index (χ4n) is 2.26. The number of hydrogen-bond donors (Lipinski definition) is 3. The summed E-state index contributed by atoms with van der Waals surface area (Å²) in [5.74, 6) is -0.559. The maximum atomic E-state index is 11.4. The molecular weight excluding hydrogens is 222 g/mol. The lowest BCUT2D eigenvalue weighted by Crippen LogP contribution is -2.64. The summed E-state index contributed by atoms with van der Waals surface area (Å²) >= 11 is 0. The molecule has 0 bridgehead atoms. The summed E-state index contributed by atoms with van der Waals surface area (Å²) in [6.07, 6.45) is -0.421. The number of nitrogens with zero attached hydrogens (tertiary/aromatic N) is 1. The van der Waals surface area contributed by atoms with Gasteiger partial charge < -0.3 is 21.5 Å². The van der Waals surface area contributed by atoms with Crippen LogP contribution >= 0.6 is 0 Å². The lowest BCUT2D eigenvalue weighted by atomic mass is 9.73. The van der Waals surface area contributed by atoms with Gasteiger partial charge in [-0.25, -0.2) is 4.79 Å². The Hall–Kier alpha value is -1.30. The first-order valence-corrected chi connectivity index (χ1v) is 5.66. The largest absolute Gasteiger partial charge is 0.465 e. The Bertz CT molecular complexity index is 337. The number of carbonyl (C=O) groups is 2. The summed E-state index contributed by atoms with van der Waals surface area (Å²) in [6, 6.07) is -0.300. The van der Waals surface area contributed by atoms with Crippen molar-refractivity contribution in [2.45, 2.75) is 45.2 Å². The summed E-state index contributed by atoms with van der Waals surface area (Å²) in [4.78, 5) is 23.9. The Morgan fingerprint density at radius 3 is 2.29 bits per heavy atom. The second kappa shape index (κ2) is 4.18. The number of hydrogen-bond acceptors (Lipinski definition) is 3. The highest BCUT2D eigenvalue weighted by molar-refractivity contribution is 5.85. The van der Waals surface area contributed by atoms with E-state index in [1.54, 1.807) is 0 Å². The van der Waals surface area contributed by atoms with Crippen molar-refractivity contribution in [3.63, 3.8) is 0 Å². The molecule has 0 aromatic heterocycles. The molecule has 2 amide bonds. The topological polar surface area (TPSA) is 110 Å². The molecule has 2 atom stereocenters. The van der Waals surface area contributed by atoms with Gasteiger partial charge in [-0.15, -0.1) is 0 Å². The van der Waals surface area contributed by atoms with E-state index in [0.717, 1.165) is 0 Å². The SMILES string of the molecule is CC(C)(C)C1CC(N)(C(N)=O)CCN1C(=O)O. The fourth-order valence-corrected chi connectivity index (χ4v) is 2.26. The molecule has 2 unspecified atom stereocenters. The maximum absolute atomic E-state index is 11.4. The van der Waals surface area contributed by atoms with Crippen LogP contribution in [-0.4, -0.2) is 40.1 Å². The average molecular weight is 243 g/mol. The standard InChI is InChI=1S/C11H21N3O3/c1-10(2,3)7-6-11(13,8(12)15)4-5-14(7)9(16)17/h7H,4-6,13H2,1-3H3,(H2,12,15)(H,16,17). The van der Waals surface area contributed by atoms with Gasteiger partial charge in [0.15, 0.2) is 0 Å². The molecule has 0 spiro atoms. The molecule has 5 N–H and O–H groups in total. The molecule has 1 aliphatic heterocycles. The van der Waals surface area contributed by atoms with E-state index in [1.165, 1.54) is 4.90 Å². The number of nitrogens with two attached hydrogens (primary N) is 2. The van der Waals surface area contributed by atoms with Crippen molar-refractivity contribution in [3.05, 3.63) is 0 Å². The lowest BCUT2D eigenvalue weighted by Gasteiger charge is -2.47. The van der Waals surface area contributed by atoms with Gasteiger partial charge >= 0.3 is 6.09 Å². The number of likely N-dealkylation sites (tertiary alicyclic amines) is 1. The van der Waals surface area contributed by atoms with Crippen LogP contribution < -0.4 is 11.5 Å². The average Bonchev–Trinajstić information content (AvgIpc) is 2.15. The Morgan fingerprint density at radius 1 is 1.41 bits per heavy atom. The summed E-state index contributed by atoms with van der Waals surface area (Å²) in [5.41, 5.74) is 9.88. The van der Waals surface area contributed by atoms with Crippen molar-refractivity contribution in [1.29, 1.82) is 0 Å². The first-order chi connectivity index (χ1) is 7.58. The van der Waals surface area contributed by atoms with E-state index in [4.69, 9.17) is 16.6 Å². The summed E-state index contributed by atoms with van der Waals surface area (Å²) < 4.78 is 0. The van der Waals surface area contributed by atoms with Crippen LogP contribution in [0, 0.1) is 5.41 Å². The molecule has 1 aliphatic rings. The van der Waals surface area contributed by atoms with Crippen LogP contribution in [0.15, 0.2) is 0 Å². The van der Waals surface area contributed by atoms with Gasteiger partial charge in [0.2, 0.25) is 5.91 Å². The summed E-state index contributed by atoms with van der Waals surface area (Å²) in [7, 11) is 0. The predicted octanol–water partition coefficient (Wildman–Crippen LogP) is 0.358. The third kappa shape index (κ3) is 2.69. The van der Waals surface area contributed by atoms with Crippen LogP contribution in [0.3, 0.4) is 0 Å². The zero-order valence-corrected chi connectivity index (χ0v) is 10.6. The highest BCUT2D eigenvalue weighted by atomic mass is 16.4. The van der Waals surface area contributed by atoms with E-state index in [2.05, 4.69) is 0 Å². The first-order valence-electron chi connectivity index (χ1n) is 5.66. The molecule has 1 saturated heterocycles. The molecule has 0 aromatic carbocycles. The lowest BCUT2D eigenvalue weighted by molar-refractivity contribution is -0.126. The van der Waals surface area contributed by atoms with Crippen LogP contribution in [-0.2, 0) is 4.79 Å². The normalized spacial score (nSPS) is 30.1. The molecule has 98 valence electrons. The van der Waals surface area contributed by atoms with Gasteiger partial charge in [-0.1, -0.05) is 20.8 Å². The van der Waals surface area contributed by atoms with Crippen molar-refractivity contribution >= 4 is 12.0 Å². The molecule has 17 heavy (non-hydrogen) atoms. The molecule has 1 fully saturated rings. The van der Waals surface area contributed by atoms with E-state index >= 15 is 0 Å². The Balaban J connectivity index is 3.00. The van der Waals surface area contributed by atoms with Crippen molar-refractivity contribution in [2.24, 2.45) is 16.9 Å². The van der Waals surface area contributed by atoms with Gasteiger partial charge in [-0.3, -0.25) is 4.79 Å². The highest BCUT2D eigenvalue weighted by Gasteiger charge is 2.46. The van der Waals surface area contributed by atoms with Crippen molar-refractivity contribution in [2.75, 3.05) is 6.54 Å². The van der Waals surface area contributed by atoms with E-state index in [-0.39, 0.29) is 30.8 Å². The third-order valence-electron chi connectivity index (χ3n) is 3.47. The quantitative estimate of drug-likeness (QED) is 0.617. The van der Waals surface area contributed by atoms with Gasteiger partial charge in [0.05, 0.1) is 5.54 Å². The summed E-state index contributed by atoms with van der Waals surface area (Å²) in [5, 5.41) is 9.15. The third-order valence-corrected chi connectivity index (χ3v) is 3.47. The first kappa shape index (κ1) is 13.8. The van der Waals surface area contributed by atoms with Gasteiger partial charge in [-0.05, 0) is 18.3 Å². The monoisotopic (exact) mass is 243 g/mol. The van der Waals surface area contributed by atoms with Gasteiger partial charge in [0, 0.05) is 12.6 Å². The number of amides is 2.